The average Bonchev–Trinajstić information content (AvgIpc) is 2.51. The van der Waals surface area contributed by atoms with Crippen LogP contribution in [0.2, 0.25) is 0 Å². The maximum atomic E-state index is 13.6. The lowest BCUT2D eigenvalue weighted by Gasteiger charge is -2.31. The van der Waals surface area contributed by atoms with Gasteiger partial charge in [0.2, 0.25) is 5.91 Å². The minimum absolute atomic E-state index is 0.00128. The van der Waals surface area contributed by atoms with Gasteiger partial charge in [-0.1, -0.05) is 6.07 Å². The van der Waals surface area contributed by atoms with Gasteiger partial charge >= 0.3 is 0 Å². The Balaban J connectivity index is 1.83. The zero-order chi connectivity index (χ0) is 16.8. The van der Waals surface area contributed by atoms with Gasteiger partial charge in [0.25, 0.3) is 0 Å². The number of likely N-dealkylation sites (tertiary alicyclic amines) is 1. The van der Waals surface area contributed by atoms with Crippen molar-refractivity contribution in [3.63, 3.8) is 0 Å². The quantitative estimate of drug-likeness (QED) is 0.837. The summed E-state index contributed by atoms with van der Waals surface area (Å²) in [7, 11) is 0. The second-order valence-corrected chi connectivity index (χ2v) is 6.30. The molecular formula is C17H24F2N2O2. The molecule has 0 aromatic heterocycles. The first kappa shape index (κ1) is 17.8. The normalized spacial score (nSPS) is 20.3. The van der Waals surface area contributed by atoms with Crippen LogP contribution < -0.4 is 5.32 Å². The summed E-state index contributed by atoms with van der Waals surface area (Å²) < 4.78 is 27.2. The summed E-state index contributed by atoms with van der Waals surface area (Å²) in [6.45, 7) is 3.67. The molecular weight excluding hydrogens is 302 g/mol. The smallest absolute Gasteiger partial charge is 0.234 e. The zero-order valence-corrected chi connectivity index (χ0v) is 13.4. The number of nitrogens with zero attached hydrogens (tertiary/aromatic N) is 1. The largest absolute Gasteiger partial charge is 0.396 e. The number of aliphatic hydroxyl groups is 1. The Bertz CT molecular complexity index is 519. The van der Waals surface area contributed by atoms with E-state index in [4.69, 9.17) is 0 Å². The van der Waals surface area contributed by atoms with Crippen molar-refractivity contribution in [1.29, 1.82) is 0 Å². The van der Waals surface area contributed by atoms with Crippen LogP contribution >= 0.6 is 0 Å². The number of hydrogen-bond donors (Lipinski definition) is 2. The highest BCUT2D eigenvalue weighted by molar-refractivity contribution is 5.78. The van der Waals surface area contributed by atoms with Crippen molar-refractivity contribution >= 4 is 5.91 Å². The van der Waals surface area contributed by atoms with E-state index in [9.17, 15) is 18.7 Å². The summed E-state index contributed by atoms with van der Waals surface area (Å²) in [6.07, 6.45) is 2.07. The first-order valence-electron chi connectivity index (χ1n) is 8.05. The Kier molecular flexibility index (Phi) is 6.47. The van der Waals surface area contributed by atoms with Gasteiger partial charge in [-0.15, -0.1) is 0 Å². The lowest BCUT2D eigenvalue weighted by atomic mass is 9.99. The molecule has 2 atom stereocenters. The summed E-state index contributed by atoms with van der Waals surface area (Å²) in [5, 5.41) is 12.0. The Morgan fingerprint density at radius 1 is 1.43 bits per heavy atom. The topological polar surface area (TPSA) is 52.6 Å². The number of benzene rings is 1. The molecule has 2 unspecified atom stereocenters. The van der Waals surface area contributed by atoms with Crippen molar-refractivity contribution in [3.05, 3.63) is 35.4 Å². The molecule has 6 heteroatoms. The number of rotatable bonds is 6. The van der Waals surface area contributed by atoms with E-state index in [1.165, 1.54) is 18.2 Å². The molecule has 0 aliphatic carbocycles. The predicted octanol–water partition coefficient (Wildman–Crippen LogP) is 1.72. The molecule has 1 heterocycles. The number of carbonyl (C=O) groups excluding carboxylic acids is 1. The van der Waals surface area contributed by atoms with Gasteiger partial charge in [-0.25, -0.2) is 8.78 Å². The molecule has 1 saturated heterocycles. The maximum Gasteiger partial charge on any atom is 0.234 e. The molecule has 2 N–H and O–H groups in total. The van der Waals surface area contributed by atoms with Crippen molar-refractivity contribution in [1.82, 2.24) is 10.2 Å². The van der Waals surface area contributed by atoms with Crippen molar-refractivity contribution in [2.75, 3.05) is 26.2 Å². The third-order valence-electron chi connectivity index (χ3n) is 4.21. The Labute approximate surface area is 135 Å². The van der Waals surface area contributed by atoms with Crippen LogP contribution in [-0.2, 0) is 11.2 Å². The van der Waals surface area contributed by atoms with Gasteiger partial charge < -0.3 is 10.4 Å². The summed E-state index contributed by atoms with van der Waals surface area (Å²) in [5.74, 6) is -1.12. The summed E-state index contributed by atoms with van der Waals surface area (Å²) in [6, 6.07) is 3.41. The van der Waals surface area contributed by atoms with Gasteiger partial charge in [0.1, 0.15) is 11.6 Å². The fourth-order valence-corrected chi connectivity index (χ4v) is 3.05. The molecule has 1 aliphatic heterocycles. The fourth-order valence-electron chi connectivity index (χ4n) is 3.05. The molecule has 2 rings (SSSR count). The van der Waals surface area contributed by atoms with Crippen LogP contribution in [0.4, 0.5) is 8.78 Å². The van der Waals surface area contributed by atoms with Gasteiger partial charge in [0, 0.05) is 24.8 Å². The lowest BCUT2D eigenvalue weighted by Crippen LogP contribution is -2.45. The minimum Gasteiger partial charge on any atom is -0.396 e. The van der Waals surface area contributed by atoms with Gasteiger partial charge in [0.15, 0.2) is 0 Å². The molecule has 1 aromatic carbocycles. The van der Waals surface area contributed by atoms with Crippen molar-refractivity contribution in [3.8, 4) is 0 Å². The number of hydrogen-bond acceptors (Lipinski definition) is 3. The molecule has 0 radical (unpaired) electrons. The molecule has 1 aromatic rings. The minimum atomic E-state index is -0.590. The summed E-state index contributed by atoms with van der Waals surface area (Å²) in [5.41, 5.74) is -0.00128. The molecule has 0 spiro atoms. The van der Waals surface area contributed by atoms with Crippen molar-refractivity contribution in [2.45, 2.75) is 32.2 Å². The SMILES string of the molecule is CC(Cc1c(F)cccc1F)NC(=O)CN1CCCC(CO)C1. The van der Waals surface area contributed by atoms with Crippen molar-refractivity contribution < 1.29 is 18.7 Å². The number of amides is 1. The van der Waals surface area contributed by atoms with Crippen LogP contribution in [0.25, 0.3) is 0 Å². The highest BCUT2D eigenvalue weighted by atomic mass is 19.1. The monoisotopic (exact) mass is 326 g/mol. The van der Waals surface area contributed by atoms with Crippen LogP contribution in [0.15, 0.2) is 18.2 Å². The summed E-state index contributed by atoms with van der Waals surface area (Å²) in [4.78, 5) is 14.1. The molecule has 0 bridgehead atoms. The number of piperidine rings is 1. The van der Waals surface area contributed by atoms with E-state index in [0.717, 1.165) is 19.4 Å². The van der Waals surface area contributed by atoms with Crippen LogP contribution in [0, 0.1) is 17.6 Å². The standard InChI is InChI=1S/C17H24F2N2O2/c1-12(8-14-15(18)5-2-6-16(14)19)20-17(23)10-21-7-3-4-13(9-21)11-22/h2,5-6,12-13,22H,3-4,7-11H2,1H3,(H,20,23). The summed E-state index contributed by atoms with van der Waals surface area (Å²) >= 11 is 0. The van der Waals surface area contributed by atoms with Crippen LogP contribution in [-0.4, -0.2) is 48.2 Å². The third-order valence-corrected chi connectivity index (χ3v) is 4.21. The highest BCUT2D eigenvalue weighted by Crippen LogP contribution is 2.16. The van der Waals surface area contributed by atoms with Crippen LogP contribution in [0.5, 0.6) is 0 Å². The molecule has 1 aliphatic rings. The maximum absolute atomic E-state index is 13.6. The van der Waals surface area contributed by atoms with Crippen LogP contribution in [0.3, 0.4) is 0 Å². The Morgan fingerprint density at radius 3 is 2.78 bits per heavy atom. The zero-order valence-electron chi connectivity index (χ0n) is 13.4. The van der Waals surface area contributed by atoms with E-state index in [1.54, 1.807) is 6.92 Å². The van der Waals surface area contributed by atoms with E-state index in [2.05, 4.69) is 5.32 Å². The average molecular weight is 326 g/mol. The highest BCUT2D eigenvalue weighted by Gasteiger charge is 2.22. The van der Waals surface area contributed by atoms with E-state index in [1.807, 2.05) is 4.90 Å². The van der Waals surface area contributed by atoms with Gasteiger partial charge in [-0.05, 0) is 50.8 Å². The van der Waals surface area contributed by atoms with Crippen molar-refractivity contribution in [2.24, 2.45) is 5.92 Å². The molecule has 1 fully saturated rings. The van der Waals surface area contributed by atoms with E-state index >= 15 is 0 Å². The van der Waals surface area contributed by atoms with Gasteiger partial charge in [-0.3, -0.25) is 9.69 Å². The third kappa shape index (κ3) is 5.25. The number of nitrogens with one attached hydrogen (secondary N) is 1. The first-order valence-corrected chi connectivity index (χ1v) is 8.05. The second kappa shape index (κ2) is 8.36. The molecule has 0 saturated carbocycles. The fraction of sp³-hybridized carbons (Fsp3) is 0.588. The van der Waals surface area contributed by atoms with Crippen LogP contribution in [0.1, 0.15) is 25.3 Å². The van der Waals surface area contributed by atoms with Gasteiger partial charge in [0.05, 0.1) is 6.54 Å². The first-order chi connectivity index (χ1) is 11.0. The molecule has 23 heavy (non-hydrogen) atoms. The van der Waals surface area contributed by atoms with E-state index in [0.29, 0.717) is 6.54 Å². The Hall–Kier alpha value is -1.53. The lowest BCUT2D eigenvalue weighted by molar-refractivity contribution is -0.123. The molecule has 128 valence electrons. The molecule has 4 nitrogen and oxygen atoms in total. The number of aliphatic hydroxyl groups excluding tert-OH is 1. The van der Waals surface area contributed by atoms with Gasteiger partial charge in [-0.2, -0.15) is 0 Å². The number of halogens is 2. The number of carbonyl (C=O) groups is 1. The Morgan fingerprint density at radius 2 is 2.13 bits per heavy atom. The van der Waals surface area contributed by atoms with E-state index in [-0.39, 0.29) is 43.0 Å². The second-order valence-electron chi connectivity index (χ2n) is 6.30. The molecule has 1 amide bonds. The predicted molar refractivity (Wildman–Crippen MR) is 83.9 cm³/mol. The van der Waals surface area contributed by atoms with E-state index < -0.39 is 11.6 Å².